The van der Waals surface area contributed by atoms with Crippen LogP contribution in [0.1, 0.15) is 20.3 Å². The summed E-state index contributed by atoms with van der Waals surface area (Å²) < 4.78 is 1.04. The second kappa shape index (κ2) is 7.16. The summed E-state index contributed by atoms with van der Waals surface area (Å²) in [6, 6.07) is 8.02. The molecule has 0 fully saturated rings. The van der Waals surface area contributed by atoms with Crippen LogP contribution in [0.4, 0.5) is 0 Å². The number of nitrogens with one attached hydrogen (secondary N) is 1. The highest BCUT2D eigenvalue weighted by Crippen LogP contribution is 2.25. The Kier molecular flexibility index (Phi) is 6.18. The van der Waals surface area contributed by atoms with E-state index in [2.05, 4.69) is 28.2 Å². The molecule has 0 heterocycles. The Labute approximate surface area is 121 Å². The van der Waals surface area contributed by atoms with Crippen LogP contribution in [0, 0.1) is 0 Å². The number of nitrogens with two attached hydrogens (primary N) is 1. The molecule has 1 rings (SSSR count). The van der Waals surface area contributed by atoms with E-state index in [1.54, 1.807) is 11.8 Å². The van der Waals surface area contributed by atoms with E-state index in [4.69, 9.17) is 5.73 Å². The molecule has 1 aromatic carbocycles. The van der Waals surface area contributed by atoms with E-state index >= 15 is 0 Å². The number of hydrogen-bond acceptors (Lipinski definition) is 3. The Morgan fingerprint density at radius 1 is 1.56 bits per heavy atom. The van der Waals surface area contributed by atoms with E-state index < -0.39 is 5.54 Å². The number of amides is 1. The fourth-order valence-electron chi connectivity index (χ4n) is 1.39. The van der Waals surface area contributed by atoms with Crippen LogP contribution in [0.25, 0.3) is 0 Å². The predicted octanol–water partition coefficient (Wildman–Crippen LogP) is 2.78. The van der Waals surface area contributed by atoms with Gasteiger partial charge in [0.25, 0.3) is 0 Å². The molecule has 0 radical (unpaired) electrons. The molecular weight excluding hydrogens is 312 g/mol. The number of benzene rings is 1. The van der Waals surface area contributed by atoms with Crippen molar-refractivity contribution in [2.75, 3.05) is 12.3 Å². The lowest BCUT2D eigenvalue weighted by Crippen LogP contribution is -2.55. The number of carbonyl (C=O) groups is 1. The van der Waals surface area contributed by atoms with Gasteiger partial charge in [-0.05, 0) is 38.1 Å². The molecule has 3 N–H and O–H groups in total. The highest BCUT2D eigenvalue weighted by molar-refractivity contribution is 9.10. The maximum absolute atomic E-state index is 11.6. The number of hydrogen-bond donors (Lipinski definition) is 2. The van der Waals surface area contributed by atoms with Gasteiger partial charge in [0.2, 0.25) is 5.91 Å². The zero-order valence-electron chi connectivity index (χ0n) is 10.7. The molecule has 0 spiro atoms. The Balaban J connectivity index is 2.65. The van der Waals surface area contributed by atoms with Crippen molar-refractivity contribution in [3.05, 3.63) is 28.7 Å². The number of carbonyl (C=O) groups excluding carboxylic acids is 1. The number of primary amides is 1. The lowest BCUT2D eigenvalue weighted by atomic mass is 10.1. The number of rotatable bonds is 7. The van der Waals surface area contributed by atoms with Crippen molar-refractivity contribution in [3.63, 3.8) is 0 Å². The second-order valence-corrected chi connectivity index (χ2v) is 6.33. The average Bonchev–Trinajstić information content (AvgIpc) is 2.34. The zero-order chi connectivity index (χ0) is 13.6. The van der Waals surface area contributed by atoms with E-state index in [1.807, 2.05) is 31.2 Å². The average molecular weight is 331 g/mol. The Morgan fingerprint density at radius 3 is 2.83 bits per heavy atom. The minimum Gasteiger partial charge on any atom is -0.368 e. The first-order valence-corrected chi connectivity index (χ1v) is 7.69. The van der Waals surface area contributed by atoms with Crippen molar-refractivity contribution in [1.82, 2.24) is 5.32 Å². The molecule has 0 aliphatic rings. The Hall–Kier alpha value is -0.520. The fourth-order valence-corrected chi connectivity index (χ4v) is 3.03. The molecule has 3 nitrogen and oxygen atoms in total. The van der Waals surface area contributed by atoms with Gasteiger partial charge < -0.3 is 11.1 Å². The van der Waals surface area contributed by atoms with Crippen molar-refractivity contribution >= 4 is 33.6 Å². The molecule has 100 valence electrons. The first-order valence-electron chi connectivity index (χ1n) is 5.91. The van der Waals surface area contributed by atoms with E-state index in [-0.39, 0.29) is 5.91 Å². The van der Waals surface area contributed by atoms with Crippen LogP contribution in [0.15, 0.2) is 33.6 Å². The summed E-state index contributed by atoms with van der Waals surface area (Å²) in [5.41, 5.74) is 4.82. The van der Waals surface area contributed by atoms with E-state index in [0.717, 1.165) is 22.3 Å². The molecule has 0 bridgehead atoms. The molecule has 1 atom stereocenters. The van der Waals surface area contributed by atoms with Gasteiger partial charge in [-0.3, -0.25) is 4.79 Å². The van der Waals surface area contributed by atoms with Crippen LogP contribution in [-0.4, -0.2) is 23.7 Å². The van der Waals surface area contributed by atoms with Crippen LogP contribution < -0.4 is 11.1 Å². The third kappa shape index (κ3) is 4.63. The van der Waals surface area contributed by atoms with Gasteiger partial charge in [0.1, 0.15) is 5.54 Å². The maximum Gasteiger partial charge on any atom is 0.238 e. The molecule has 5 heteroatoms. The molecule has 1 aromatic rings. The van der Waals surface area contributed by atoms with Gasteiger partial charge in [0.05, 0.1) is 0 Å². The van der Waals surface area contributed by atoms with Gasteiger partial charge in [-0.2, -0.15) is 0 Å². The van der Waals surface area contributed by atoms with Crippen molar-refractivity contribution in [3.8, 4) is 0 Å². The molecule has 18 heavy (non-hydrogen) atoms. The number of halogens is 1. The summed E-state index contributed by atoms with van der Waals surface area (Å²) >= 11 is 5.06. The van der Waals surface area contributed by atoms with E-state index in [0.29, 0.717) is 5.75 Å². The molecule has 1 amide bonds. The smallest absolute Gasteiger partial charge is 0.238 e. The van der Waals surface area contributed by atoms with Crippen molar-refractivity contribution in [2.45, 2.75) is 30.7 Å². The monoisotopic (exact) mass is 330 g/mol. The van der Waals surface area contributed by atoms with Crippen molar-refractivity contribution in [2.24, 2.45) is 5.73 Å². The quantitative estimate of drug-likeness (QED) is 0.756. The first kappa shape index (κ1) is 15.5. The first-order chi connectivity index (χ1) is 8.48. The van der Waals surface area contributed by atoms with Gasteiger partial charge in [0, 0.05) is 15.1 Å². The highest BCUT2D eigenvalue weighted by atomic mass is 79.9. The van der Waals surface area contributed by atoms with Crippen LogP contribution in [0.3, 0.4) is 0 Å². The van der Waals surface area contributed by atoms with Gasteiger partial charge in [0.15, 0.2) is 0 Å². The fraction of sp³-hybridized carbons (Fsp3) is 0.462. The minimum atomic E-state index is -0.664. The molecule has 0 aliphatic carbocycles. The van der Waals surface area contributed by atoms with Crippen LogP contribution in [0.2, 0.25) is 0 Å². The topological polar surface area (TPSA) is 55.1 Å². The summed E-state index contributed by atoms with van der Waals surface area (Å²) in [4.78, 5) is 12.7. The summed E-state index contributed by atoms with van der Waals surface area (Å²) in [5.74, 6) is 0.317. The summed E-state index contributed by atoms with van der Waals surface area (Å²) in [7, 11) is 0. The summed E-state index contributed by atoms with van der Waals surface area (Å²) in [5, 5.41) is 3.22. The lowest BCUT2D eigenvalue weighted by Gasteiger charge is -2.27. The normalized spacial score (nSPS) is 14.2. The minimum absolute atomic E-state index is 0.307. The van der Waals surface area contributed by atoms with Crippen LogP contribution in [-0.2, 0) is 4.79 Å². The summed E-state index contributed by atoms with van der Waals surface area (Å²) in [6.45, 7) is 4.71. The molecule has 0 saturated carbocycles. The van der Waals surface area contributed by atoms with Crippen LogP contribution >= 0.6 is 27.7 Å². The number of thioether (sulfide) groups is 1. The highest BCUT2D eigenvalue weighted by Gasteiger charge is 2.30. The molecule has 0 aliphatic heterocycles. The second-order valence-electron chi connectivity index (χ2n) is 4.37. The van der Waals surface area contributed by atoms with Crippen LogP contribution in [0.5, 0.6) is 0 Å². The lowest BCUT2D eigenvalue weighted by molar-refractivity contribution is -0.122. The van der Waals surface area contributed by atoms with Gasteiger partial charge >= 0.3 is 0 Å². The van der Waals surface area contributed by atoms with E-state index in [1.165, 1.54) is 0 Å². The molecule has 0 saturated heterocycles. The Bertz CT molecular complexity index is 414. The zero-order valence-corrected chi connectivity index (χ0v) is 13.1. The maximum atomic E-state index is 11.6. The molecular formula is C13H19BrN2OS. The predicted molar refractivity (Wildman–Crippen MR) is 80.8 cm³/mol. The Morgan fingerprint density at radius 2 is 2.28 bits per heavy atom. The van der Waals surface area contributed by atoms with Gasteiger partial charge in [-0.1, -0.05) is 28.9 Å². The molecule has 0 aromatic heterocycles. The van der Waals surface area contributed by atoms with Crippen molar-refractivity contribution < 1.29 is 4.79 Å². The summed E-state index contributed by atoms with van der Waals surface area (Å²) in [6.07, 6.45) is 0.977. The van der Waals surface area contributed by atoms with Gasteiger partial charge in [-0.15, -0.1) is 11.8 Å². The van der Waals surface area contributed by atoms with E-state index in [9.17, 15) is 4.79 Å². The SMILES string of the molecule is CCCNC(C)(CSc1cccc(Br)c1)C(N)=O. The standard InChI is InChI=1S/C13H19BrN2OS/c1-3-7-16-13(2,12(15)17)9-18-11-6-4-5-10(14)8-11/h4-6,8,16H,3,7,9H2,1-2H3,(H2,15,17). The largest absolute Gasteiger partial charge is 0.368 e. The van der Waals surface area contributed by atoms with Crippen molar-refractivity contribution in [1.29, 1.82) is 0 Å². The third-order valence-electron chi connectivity index (χ3n) is 2.63. The van der Waals surface area contributed by atoms with Gasteiger partial charge in [-0.25, -0.2) is 0 Å². The molecule has 1 unspecified atom stereocenters. The third-order valence-corrected chi connectivity index (χ3v) is 4.43.